The van der Waals surface area contributed by atoms with Gasteiger partial charge in [0.2, 0.25) is 0 Å². The molecule has 0 aromatic carbocycles. The molecule has 0 aromatic heterocycles. The number of nitrogens with one attached hydrogen (secondary N) is 1. The fraction of sp³-hybridized carbons (Fsp3) is 1.00. The fourth-order valence-corrected chi connectivity index (χ4v) is 2.05. The van der Waals surface area contributed by atoms with E-state index in [2.05, 4.69) is 46.9 Å². The van der Waals surface area contributed by atoms with Gasteiger partial charge in [0.05, 0.1) is 5.60 Å². The van der Waals surface area contributed by atoms with E-state index in [-0.39, 0.29) is 5.60 Å². The van der Waals surface area contributed by atoms with Gasteiger partial charge in [-0.1, -0.05) is 20.8 Å². The Labute approximate surface area is 109 Å². The summed E-state index contributed by atoms with van der Waals surface area (Å²) in [6.45, 7) is 16.3. The molecule has 0 aliphatic rings. The highest BCUT2D eigenvalue weighted by atomic mass is 16.5. The highest BCUT2D eigenvalue weighted by molar-refractivity contribution is 4.79. The third-order valence-electron chi connectivity index (χ3n) is 3.59. The minimum Gasteiger partial charge on any atom is -0.376 e. The zero-order valence-corrected chi connectivity index (χ0v) is 12.9. The van der Waals surface area contributed by atoms with Crippen molar-refractivity contribution in [1.29, 1.82) is 0 Å². The molecule has 0 saturated heterocycles. The molecule has 0 fully saturated rings. The van der Waals surface area contributed by atoms with Crippen molar-refractivity contribution in [2.24, 2.45) is 5.41 Å². The Morgan fingerprint density at radius 2 is 1.59 bits per heavy atom. The first kappa shape index (κ1) is 16.9. The first-order valence-electron chi connectivity index (χ1n) is 7.24. The van der Waals surface area contributed by atoms with Crippen molar-refractivity contribution in [2.75, 3.05) is 19.7 Å². The normalized spacial score (nSPS) is 13.1. The smallest absolute Gasteiger partial charge is 0.0598 e. The molecule has 0 atom stereocenters. The Bertz CT molecular complexity index is 180. The molecule has 17 heavy (non-hydrogen) atoms. The molecule has 0 aromatic rings. The Hall–Kier alpha value is -0.0800. The summed E-state index contributed by atoms with van der Waals surface area (Å²) in [5, 5.41) is 3.57. The van der Waals surface area contributed by atoms with Crippen molar-refractivity contribution in [3.63, 3.8) is 0 Å². The van der Waals surface area contributed by atoms with Crippen LogP contribution in [0.4, 0.5) is 0 Å². The van der Waals surface area contributed by atoms with Crippen LogP contribution in [0.15, 0.2) is 0 Å². The number of hydrogen-bond donors (Lipinski definition) is 1. The van der Waals surface area contributed by atoms with Gasteiger partial charge in [0.1, 0.15) is 0 Å². The highest BCUT2D eigenvalue weighted by Crippen LogP contribution is 2.30. The molecular formula is C15H33NO. The lowest BCUT2D eigenvalue weighted by atomic mass is 9.79. The summed E-state index contributed by atoms with van der Waals surface area (Å²) in [5.74, 6) is 0. The van der Waals surface area contributed by atoms with E-state index in [0.29, 0.717) is 5.41 Å². The van der Waals surface area contributed by atoms with Crippen LogP contribution >= 0.6 is 0 Å². The van der Waals surface area contributed by atoms with Crippen LogP contribution in [-0.2, 0) is 4.74 Å². The summed E-state index contributed by atoms with van der Waals surface area (Å²) in [6, 6.07) is 0. The molecule has 0 rings (SSSR count). The highest BCUT2D eigenvalue weighted by Gasteiger charge is 2.26. The van der Waals surface area contributed by atoms with Crippen LogP contribution in [0.1, 0.15) is 67.2 Å². The lowest BCUT2D eigenvalue weighted by Gasteiger charge is -2.33. The second-order valence-electron chi connectivity index (χ2n) is 6.09. The molecular weight excluding hydrogens is 210 g/mol. The van der Waals surface area contributed by atoms with Crippen LogP contribution < -0.4 is 5.32 Å². The standard InChI is InChI=1S/C15H33NO/c1-7-11-16-13-15(8-2,9-3)10-12-17-14(4,5)6/h16H,7-13H2,1-6H3. The Kier molecular flexibility index (Phi) is 8.06. The van der Waals surface area contributed by atoms with Gasteiger partial charge in [-0.3, -0.25) is 0 Å². The predicted molar refractivity (Wildman–Crippen MR) is 76.5 cm³/mol. The summed E-state index contributed by atoms with van der Waals surface area (Å²) >= 11 is 0. The average Bonchev–Trinajstić information content (AvgIpc) is 2.26. The quantitative estimate of drug-likeness (QED) is 0.618. The van der Waals surface area contributed by atoms with Crippen LogP contribution in [0.2, 0.25) is 0 Å². The first-order chi connectivity index (χ1) is 7.89. The first-order valence-corrected chi connectivity index (χ1v) is 7.24. The summed E-state index contributed by atoms with van der Waals surface area (Å²) in [7, 11) is 0. The summed E-state index contributed by atoms with van der Waals surface area (Å²) in [5.41, 5.74) is 0.407. The molecule has 0 saturated carbocycles. The summed E-state index contributed by atoms with van der Waals surface area (Å²) < 4.78 is 5.87. The van der Waals surface area contributed by atoms with Gasteiger partial charge in [-0.25, -0.2) is 0 Å². The molecule has 0 heterocycles. The summed E-state index contributed by atoms with van der Waals surface area (Å²) in [4.78, 5) is 0. The van der Waals surface area contributed by atoms with Gasteiger partial charge < -0.3 is 10.1 Å². The van der Waals surface area contributed by atoms with E-state index in [0.717, 1.165) is 26.1 Å². The number of hydrogen-bond acceptors (Lipinski definition) is 2. The second kappa shape index (κ2) is 8.10. The van der Waals surface area contributed by atoms with E-state index in [9.17, 15) is 0 Å². The van der Waals surface area contributed by atoms with Gasteiger partial charge in [-0.2, -0.15) is 0 Å². The van der Waals surface area contributed by atoms with E-state index >= 15 is 0 Å². The Morgan fingerprint density at radius 1 is 1.00 bits per heavy atom. The molecule has 0 bridgehead atoms. The van der Waals surface area contributed by atoms with Crippen molar-refractivity contribution >= 4 is 0 Å². The van der Waals surface area contributed by atoms with Crippen molar-refractivity contribution in [3.8, 4) is 0 Å². The number of ether oxygens (including phenoxy) is 1. The van der Waals surface area contributed by atoms with Crippen LogP contribution in [0.25, 0.3) is 0 Å². The monoisotopic (exact) mass is 243 g/mol. The predicted octanol–water partition coefficient (Wildman–Crippen LogP) is 4.00. The zero-order chi connectivity index (χ0) is 13.4. The van der Waals surface area contributed by atoms with Crippen molar-refractivity contribution in [2.45, 2.75) is 72.8 Å². The molecule has 0 unspecified atom stereocenters. The van der Waals surface area contributed by atoms with Gasteiger partial charge >= 0.3 is 0 Å². The molecule has 1 N–H and O–H groups in total. The van der Waals surface area contributed by atoms with Gasteiger partial charge in [0, 0.05) is 13.2 Å². The second-order valence-corrected chi connectivity index (χ2v) is 6.09. The van der Waals surface area contributed by atoms with E-state index in [1.165, 1.54) is 19.3 Å². The maximum Gasteiger partial charge on any atom is 0.0598 e. The minimum absolute atomic E-state index is 0.00985. The molecule has 104 valence electrons. The van der Waals surface area contributed by atoms with Crippen molar-refractivity contribution in [3.05, 3.63) is 0 Å². The van der Waals surface area contributed by atoms with Crippen molar-refractivity contribution in [1.82, 2.24) is 5.32 Å². The van der Waals surface area contributed by atoms with Crippen LogP contribution in [-0.4, -0.2) is 25.3 Å². The van der Waals surface area contributed by atoms with Gasteiger partial charge in [0.25, 0.3) is 0 Å². The Morgan fingerprint density at radius 3 is 2.00 bits per heavy atom. The average molecular weight is 243 g/mol. The molecule has 0 radical (unpaired) electrons. The third kappa shape index (κ3) is 7.77. The molecule has 2 nitrogen and oxygen atoms in total. The van der Waals surface area contributed by atoms with Gasteiger partial charge in [-0.05, 0) is 58.4 Å². The molecule has 0 spiro atoms. The van der Waals surface area contributed by atoms with Gasteiger partial charge in [0.15, 0.2) is 0 Å². The van der Waals surface area contributed by atoms with E-state index < -0.39 is 0 Å². The van der Waals surface area contributed by atoms with Gasteiger partial charge in [-0.15, -0.1) is 0 Å². The molecule has 0 aliphatic carbocycles. The topological polar surface area (TPSA) is 21.3 Å². The van der Waals surface area contributed by atoms with E-state index in [1.54, 1.807) is 0 Å². The van der Waals surface area contributed by atoms with E-state index in [1.807, 2.05) is 0 Å². The van der Waals surface area contributed by atoms with E-state index in [4.69, 9.17) is 4.74 Å². The number of rotatable bonds is 9. The maximum atomic E-state index is 5.87. The lowest BCUT2D eigenvalue weighted by molar-refractivity contribution is -0.0200. The van der Waals surface area contributed by atoms with Crippen molar-refractivity contribution < 1.29 is 4.74 Å². The lowest BCUT2D eigenvalue weighted by Crippen LogP contribution is -2.35. The molecule has 0 aliphatic heterocycles. The SMILES string of the molecule is CCCNCC(CC)(CC)CCOC(C)(C)C. The third-order valence-corrected chi connectivity index (χ3v) is 3.59. The summed E-state index contributed by atoms with van der Waals surface area (Å²) in [6.07, 6.45) is 4.83. The van der Waals surface area contributed by atoms with Crippen LogP contribution in [0.5, 0.6) is 0 Å². The molecule has 2 heteroatoms. The zero-order valence-electron chi connectivity index (χ0n) is 12.9. The molecule has 0 amide bonds. The fourth-order valence-electron chi connectivity index (χ4n) is 2.05. The Balaban J connectivity index is 4.11. The maximum absolute atomic E-state index is 5.87. The minimum atomic E-state index is -0.00985. The van der Waals surface area contributed by atoms with Crippen LogP contribution in [0.3, 0.4) is 0 Å². The van der Waals surface area contributed by atoms with Crippen LogP contribution in [0, 0.1) is 5.41 Å². The largest absolute Gasteiger partial charge is 0.376 e.